The normalized spacial score (nSPS) is 12.8. The lowest BCUT2D eigenvalue weighted by Crippen LogP contribution is -2.42. The van der Waals surface area contributed by atoms with Gasteiger partial charge in [-0.05, 0) is 45.6 Å². The van der Waals surface area contributed by atoms with Crippen LogP contribution in [0.4, 0.5) is 0 Å². The van der Waals surface area contributed by atoms with Crippen molar-refractivity contribution in [3.8, 4) is 0 Å². The molecule has 0 fully saturated rings. The first kappa shape index (κ1) is 18.6. The Morgan fingerprint density at radius 1 is 1.29 bits per heavy atom. The Labute approximate surface area is 132 Å². The van der Waals surface area contributed by atoms with Crippen LogP contribution in [0.1, 0.15) is 38.1 Å². The molecule has 0 spiro atoms. The molecule has 1 rings (SSSR count). The van der Waals surface area contributed by atoms with Gasteiger partial charge in [-0.3, -0.25) is 4.90 Å². The van der Waals surface area contributed by atoms with Gasteiger partial charge >= 0.3 is 0 Å². The standard InChI is InChI=1S/C14H26N2O3S2/c1-10(2)16(11(3)4)7-6-15-21(18,19)14-12(5)9-20-13(14)8-17/h9-11,15,17H,6-8H2,1-5H3. The van der Waals surface area contributed by atoms with Gasteiger partial charge in [0.2, 0.25) is 10.0 Å². The average molecular weight is 335 g/mol. The van der Waals surface area contributed by atoms with Gasteiger partial charge in [0.25, 0.3) is 0 Å². The Hall–Kier alpha value is -0.470. The number of rotatable bonds is 8. The van der Waals surface area contributed by atoms with Crippen LogP contribution < -0.4 is 4.72 Å². The molecule has 0 atom stereocenters. The number of aryl methyl sites for hydroxylation is 1. The molecule has 0 aromatic carbocycles. The van der Waals surface area contributed by atoms with Crippen molar-refractivity contribution in [2.24, 2.45) is 0 Å². The summed E-state index contributed by atoms with van der Waals surface area (Å²) < 4.78 is 27.4. The van der Waals surface area contributed by atoms with Crippen LogP contribution in [0.25, 0.3) is 0 Å². The summed E-state index contributed by atoms with van der Waals surface area (Å²) in [4.78, 5) is 2.95. The zero-order chi connectivity index (χ0) is 16.2. The smallest absolute Gasteiger partial charge is 0.242 e. The van der Waals surface area contributed by atoms with Crippen LogP contribution in [0.3, 0.4) is 0 Å². The van der Waals surface area contributed by atoms with E-state index in [2.05, 4.69) is 37.3 Å². The first-order valence-corrected chi connectivity index (χ1v) is 9.50. The molecule has 0 unspecified atom stereocenters. The number of sulfonamides is 1. The fourth-order valence-corrected chi connectivity index (χ4v) is 5.13. The van der Waals surface area contributed by atoms with Crippen molar-refractivity contribution >= 4 is 21.4 Å². The highest BCUT2D eigenvalue weighted by molar-refractivity contribution is 7.89. The van der Waals surface area contributed by atoms with Crippen molar-refractivity contribution in [2.45, 2.75) is 58.2 Å². The van der Waals surface area contributed by atoms with Gasteiger partial charge in [0.15, 0.2) is 0 Å². The lowest BCUT2D eigenvalue weighted by Gasteiger charge is -2.30. The number of thiophene rings is 1. The van der Waals surface area contributed by atoms with E-state index >= 15 is 0 Å². The van der Waals surface area contributed by atoms with Crippen LogP contribution in [0.5, 0.6) is 0 Å². The van der Waals surface area contributed by atoms with Gasteiger partial charge in [-0.2, -0.15) is 0 Å². The molecule has 2 N–H and O–H groups in total. The average Bonchev–Trinajstić information content (AvgIpc) is 2.75. The van der Waals surface area contributed by atoms with E-state index < -0.39 is 10.0 Å². The topological polar surface area (TPSA) is 69.6 Å². The molecule has 0 saturated carbocycles. The second kappa shape index (κ2) is 7.69. The Balaban J connectivity index is 2.76. The van der Waals surface area contributed by atoms with Gasteiger partial charge < -0.3 is 5.11 Å². The molecule has 1 heterocycles. The first-order chi connectivity index (χ1) is 9.70. The van der Waals surface area contributed by atoms with Crippen LogP contribution in [0.15, 0.2) is 10.3 Å². The maximum atomic E-state index is 12.4. The van der Waals surface area contributed by atoms with Gasteiger partial charge in [-0.25, -0.2) is 13.1 Å². The largest absolute Gasteiger partial charge is 0.391 e. The van der Waals surface area contributed by atoms with Crippen molar-refractivity contribution in [2.75, 3.05) is 13.1 Å². The number of hydrogen-bond donors (Lipinski definition) is 2. The van der Waals surface area contributed by atoms with Crippen LogP contribution in [0, 0.1) is 6.92 Å². The number of aliphatic hydroxyl groups excluding tert-OH is 1. The summed E-state index contributed by atoms with van der Waals surface area (Å²) in [6, 6.07) is 0.732. The molecule has 7 heteroatoms. The van der Waals surface area contributed by atoms with Crippen LogP contribution in [-0.4, -0.2) is 43.6 Å². The zero-order valence-corrected chi connectivity index (χ0v) is 15.0. The lowest BCUT2D eigenvalue weighted by molar-refractivity contribution is 0.179. The minimum atomic E-state index is -3.56. The molecule has 0 aliphatic rings. The maximum Gasteiger partial charge on any atom is 0.242 e. The van der Waals surface area contributed by atoms with Crippen molar-refractivity contribution in [3.63, 3.8) is 0 Å². The predicted molar refractivity (Wildman–Crippen MR) is 87.1 cm³/mol. The molecule has 0 aliphatic heterocycles. The highest BCUT2D eigenvalue weighted by atomic mass is 32.2. The Kier molecular flexibility index (Phi) is 6.80. The van der Waals surface area contributed by atoms with E-state index in [4.69, 9.17) is 0 Å². The summed E-state index contributed by atoms with van der Waals surface area (Å²) in [5.41, 5.74) is 0.682. The van der Waals surface area contributed by atoms with Crippen molar-refractivity contribution < 1.29 is 13.5 Å². The Morgan fingerprint density at radius 2 is 1.86 bits per heavy atom. The molecule has 5 nitrogen and oxygen atoms in total. The van der Waals surface area contributed by atoms with Gasteiger partial charge in [0, 0.05) is 25.2 Å². The third-order valence-electron chi connectivity index (χ3n) is 3.39. The molecular formula is C14H26N2O3S2. The molecule has 0 saturated heterocycles. The van der Waals surface area contributed by atoms with Crippen LogP contribution in [0.2, 0.25) is 0 Å². The van der Waals surface area contributed by atoms with Crippen molar-refractivity contribution in [1.82, 2.24) is 9.62 Å². The molecule has 1 aromatic heterocycles. The summed E-state index contributed by atoms with van der Waals surface area (Å²) in [5.74, 6) is 0. The SMILES string of the molecule is Cc1csc(CO)c1S(=O)(=O)NCCN(C(C)C)C(C)C. The van der Waals surface area contributed by atoms with Gasteiger partial charge in [0.05, 0.1) is 11.5 Å². The molecule has 21 heavy (non-hydrogen) atoms. The van der Waals surface area contributed by atoms with Gasteiger partial charge in [-0.15, -0.1) is 11.3 Å². The van der Waals surface area contributed by atoms with E-state index in [0.717, 1.165) is 0 Å². The van der Waals surface area contributed by atoms with E-state index in [9.17, 15) is 13.5 Å². The van der Waals surface area contributed by atoms with E-state index in [1.807, 2.05) is 0 Å². The third-order valence-corrected chi connectivity index (χ3v) is 6.30. The Morgan fingerprint density at radius 3 is 2.33 bits per heavy atom. The summed E-state index contributed by atoms with van der Waals surface area (Å²) in [7, 11) is -3.56. The fourth-order valence-electron chi connectivity index (χ4n) is 2.45. The van der Waals surface area contributed by atoms with E-state index in [-0.39, 0.29) is 11.5 Å². The van der Waals surface area contributed by atoms with Gasteiger partial charge in [-0.1, -0.05) is 0 Å². The third kappa shape index (κ3) is 4.75. The highest BCUT2D eigenvalue weighted by Gasteiger charge is 2.23. The minimum Gasteiger partial charge on any atom is -0.391 e. The van der Waals surface area contributed by atoms with Crippen LogP contribution in [-0.2, 0) is 16.6 Å². The monoisotopic (exact) mass is 334 g/mol. The number of nitrogens with one attached hydrogen (secondary N) is 1. The number of aliphatic hydroxyl groups is 1. The summed E-state index contributed by atoms with van der Waals surface area (Å²) in [6.07, 6.45) is 0. The summed E-state index contributed by atoms with van der Waals surface area (Å²) in [6.45, 7) is 10.9. The van der Waals surface area contributed by atoms with Crippen LogP contribution >= 0.6 is 11.3 Å². The highest BCUT2D eigenvalue weighted by Crippen LogP contribution is 2.26. The van der Waals surface area contributed by atoms with Crippen molar-refractivity contribution in [3.05, 3.63) is 15.8 Å². The number of nitrogens with zero attached hydrogens (tertiary/aromatic N) is 1. The van der Waals surface area contributed by atoms with E-state index in [1.54, 1.807) is 12.3 Å². The Bertz CT molecular complexity index is 543. The minimum absolute atomic E-state index is 0.232. The molecule has 0 radical (unpaired) electrons. The molecule has 0 bridgehead atoms. The first-order valence-electron chi connectivity index (χ1n) is 7.14. The van der Waals surface area contributed by atoms with E-state index in [0.29, 0.717) is 35.6 Å². The van der Waals surface area contributed by atoms with Crippen molar-refractivity contribution in [1.29, 1.82) is 0 Å². The molecule has 1 aromatic rings. The quantitative estimate of drug-likeness (QED) is 0.762. The number of hydrogen-bond acceptors (Lipinski definition) is 5. The molecule has 0 amide bonds. The second-order valence-electron chi connectivity index (χ2n) is 5.65. The maximum absolute atomic E-state index is 12.4. The predicted octanol–water partition coefficient (Wildman–Crippen LogP) is 1.95. The summed E-state index contributed by atoms with van der Waals surface area (Å²) >= 11 is 1.27. The van der Waals surface area contributed by atoms with E-state index in [1.165, 1.54) is 11.3 Å². The van der Waals surface area contributed by atoms with Gasteiger partial charge in [0.1, 0.15) is 4.90 Å². The lowest BCUT2D eigenvalue weighted by atomic mass is 10.2. The zero-order valence-electron chi connectivity index (χ0n) is 13.4. The summed E-state index contributed by atoms with van der Waals surface area (Å²) in [5, 5.41) is 11.0. The molecule has 0 aliphatic carbocycles. The second-order valence-corrected chi connectivity index (χ2v) is 8.32. The molecule has 122 valence electrons. The fraction of sp³-hybridized carbons (Fsp3) is 0.714. The molecular weight excluding hydrogens is 308 g/mol.